The van der Waals surface area contributed by atoms with Gasteiger partial charge >= 0.3 is 5.97 Å². The summed E-state index contributed by atoms with van der Waals surface area (Å²) >= 11 is 5.97. The van der Waals surface area contributed by atoms with Gasteiger partial charge in [-0.25, -0.2) is 0 Å². The van der Waals surface area contributed by atoms with E-state index in [-0.39, 0.29) is 37.7 Å². The third-order valence-corrected chi connectivity index (χ3v) is 3.83. The molecule has 0 bridgehead atoms. The number of carbonyl (C=O) groups is 3. The van der Waals surface area contributed by atoms with Gasteiger partial charge in [0.2, 0.25) is 11.8 Å². The number of benzene rings is 1. The molecule has 1 saturated heterocycles. The van der Waals surface area contributed by atoms with Gasteiger partial charge in [-0.15, -0.1) is 0 Å². The molecule has 2 amide bonds. The second-order valence-corrected chi connectivity index (χ2v) is 5.71. The van der Waals surface area contributed by atoms with E-state index in [0.717, 1.165) is 5.56 Å². The molecular weight excluding hydrogens is 308 g/mol. The first-order valence-corrected chi connectivity index (χ1v) is 7.32. The van der Waals surface area contributed by atoms with E-state index >= 15 is 0 Å². The SMILES string of the molecule is Cc1ccc(Cl)cc1N1CC(C(=O)NCCC(=O)O)CC1=O. The first-order valence-electron chi connectivity index (χ1n) is 6.94. The first-order chi connectivity index (χ1) is 10.4. The zero-order valence-electron chi connectivity index (χ0n) is 12.1. The molecule has 1 unspecified atom stereocenters. The van der Waals surface area contributed by atoms with Crippen molar-refractivity contribution in [3.05, 3.63) is 28.8 Å². The summed E-state index contributed by atoms with van der Waals surface area (Å²) in [6.07, 6.45) is -0.0195. The molecule has 1 fully saturated rings. The Morgan fingerprint density at radius 1 is 1.45 bits per heavy atom. The summed E-state index contributed by atoms with van der Waals surface area (Å²) in [4.78, 5) is 36.1. The third-order valence-electron chi connectivity index (χ3n) is 3.60. The number of rotatable bonds is 5. The smallest absolute Gasteiger partial charge is 0.305 e. The van der Waals surface area contributed by atoms with Crippen molar-refractivity contribution >= 4 is 35.1 Å². The number of aliphatic carboxylic acids is 1. The molecule has 1 aromatic rings. The van der Waals surface area contributed by atoms with Gasteiger partial charge in [-0.05, 0) is 24.6 Å². The summed E-state index contributed by atoms with van der Waals surface area (Å²) in [5.74, 6) is -1.88. The molecule has 118 valence electrons. The Kier molecular flexibility index (Phi) is 5.03. The first kappa shape index (κ1) is 16.3. The van der Waals surface area contributed by atoms with Crippen LogP contribution in [0.3, 0.4) is 0 Å². The van der Waals surface area contributed by atoms with Gasteiger partial charge in [0, 0.05) is 30.2 Å². The molecule has 0 aliphatic carbocycles. The van der Waals surface area contributed by atoms with Gasteiger partial charge in [0.05, 0.1) is 12.3 Å². The number of aryl methyl sites for hydroxylation is 1. The van der Waals surface area contributed by atoms with Crippen LogP contribution in [0.15, 0.2) is 18.2 Å². The summed E-state index contributed by atoms with van der Waals surface area (Å²) in [5.41, 5.74) is 1.61. The number of carboxylic acid groups (broad SMARTS) is 1. The molecule has 1 atom stereocenters. The van der Waals surface area contributed by atoms with Gasteiger partial charge in [-0.1, -0.05) is 17.7 Å². The van der Waals surface area contributed by atoms with Crippen LogP contribution in [0.2, 0.25) is 5.02 Å². The number of nitrogens with one attached hydrogen (secondary N) is 1. The molecule has 6 nitrogen and oxygen atoms in total. The van der Waals surface area contributed by atoms with Crippen molar-refractivity contribution in [2.24, 2.45) is 5.92 Å². The lowest BCUT2D eigenvalue weighted by atomic mass is 10.1. The highest BCUT2D eigenvalue weighted by molar-refractivity contribution is 6.31. The predicted octanol–water partition coefficient (Wildman–Crippen LogP) is 1.59. The fraction of sp³-hybridized carbons (Fsp3) is 0.400. The van der Waals surface area contributed by atoms with Gasteiger partial charge in [0.25, 0.3) is 0 Å². The van der Waals surface area contributed by atoms with Gasteiger partial charge in [-0.2, -0.15) is 0 Å². The van der Waals surface area contributed by atoms with Crippen molar-refractivity contribution in [3.8, 4) is 0 Å². The van der Waals surface area contributed by atoms with E-state index in [0.29, 0.717) is 10.7 Å². The van der Waals surface area contributed by atoms with E-state index in [2.05, 4.69) is 5.32 Å². The normalized spacial score (nSPS) is 17.6. The topological polar surface area (TPSA) is 86.7 Å². The molecule has 0 spiro atoms. The molecule has 1 aliphatic rings. The number of amides is 2. The number of halogens is 1. The number of nitrogens with zero attached hydrogens (tertiary/aromatic N) is 1. The number of carbonyl (C=O) groups excluding carboxylic acids is 2. The Labute approximate surface area is 133 Å². The van der Waals surface area contributed by atoms with Crippen LogP contribution in [0, 0.1) is 12.8 Å². The molecule has 0 radical (unpaired) electrons. The molecule has 1 aromatic carbocycles. The Morgan fingerprint density at radius 2 is 2.18 bits per heavy atom. The van der Waals surface area contributed by atoms with Gasteiger partial charge < -0.3 is 15.3 Å². The van der Waals surface area contributed by atoms with Crippen LogP contribution in [0.5, 0.6) is 0 Å². The summed E-state index contributed by atoms with van der Waals surface area (Å²) in [6.45, 7) is 2.22. The Morgan fingerprint density at radius 3 is 2.86 bits per heavy atom. The fourth-order valence-electron chi connectivity index (χ4n) is 2.43. The monoisotopic (exact) mass is 324 g/mol. The van der Waals surface area contributed by atoms with E-state index in [9.17, 15) is 14.4 Å². The lowest BCUT2D eigenvalue weighted by molar-refractivity contribution is -0.137. The van der Waals surface area contributed by atoms with Crippen molar-refractivity contribution in [3.63, 3.8) is 0 Å². The quantitative estimate of drug-likeness (QED) is 0.861. The van der Waals surface area contributed by atoms with E-state index in [4.69, 9.17) is 16.7 Å². The maximum atomic E-state index is 12.1. The Bertz CT molecular complexity index is 618. The fourth-order valence-corrected chi connectivity index (χ4v) is 2.59. The largest absolute Gasteiger partial charge is 0.481 e. The van der Waals surface area contributed by atoms with Crippen molar-refractivity contribution in [2.75, 3.05) is 18.0 Å². The van der Waals surface area contributed by atoms with Crippen molar-refractivity contribution in [2.45, 2.75) is 19.8 Å². The minimum atomic E-state index is -0.973. The number of hydrogen-bond donors (Lipinski definition) is 2. The summed E-state index contributed by atoms with van der Waals surface area (Å²) in [6, 6.07) is 5.28. The highest BCUT2D eigenvalue weighted by atomic mass is 35.5. The van der Waals surface area contributed by atoms with Gasteiger partial charge in [0.1, 0.15) is 0 Å². The molecule has 1 aliphatic heterocycles. The molecule has 1 heterocycles. The minimum Gasteiger partial charge on any atom is -0.481 e. The highest BCUT2D eigenvalue weighted by Gasteiger charge is 2.35. The van der Waals surface area contributed by atoms with Crippen LogP contribution in [0.25, 0.3) is 0 Å². The van der Waals surface area contributed by atoms with E-state index in [1.807, 2.05) is 13.0 Å². The lowest BCUT2D eigenvalue weighted by Crippen LogP contribution is -2.34. The molecular formula is C15H17ClN2O4. The highest BCUT2D eigenvalue weighted by Crippen LogP contribution is 2.30. The average molecular weight is 325 g/mol. The average Bonchev–Trinajstić information content (AvgIpc) is 2.83. The number of carboxylic acids is 1. The Balaban J connectivity index is 2.03. The molecule has 7 heteroatoms. The summed E-state index contributed by atoms with van der Waals surface area (Å²) in [5, 5.41) is 11.6. The van der Waals surface area contributed by atoms with Crippen LogP contribution in [0.1, 0.15) is 18.4 Å². The predicted molar refractivity (Wildman–Crippen MR) is 81.9 cm³/mol. The summed E-state index contributed by atoms with van der Waals surface area (Å²) < 4.78 is 0. The van der Waals surface area contributed by atoms with E-state index in [1.165, 1.54) is 0 Å². The van der Waals surface area contributed by atoms with Crippen LogP contribution in [-0.2, 0) is 14.4 Å². The van der Waals surface area contributed by atoms with Crippen LogP contribution in [0.4, 0.5) is 5.69 Å². The molecule has 2 rings (SSSR count). The standard InChI is InChI=1S/C15H17ClN2O4/c1-9-2-3-11(16)7-12(9)18-8-10(6-13(18)19)15(22)17-5-4-14(20)21/h2-3,7,10H,4-6,8H2,1H3,(H,17,22)(H,20,21). The lowest BCUT2D eigenvalue weighted by Gasteiger charge is -2.19. The maximum Gasteiger partial charge on any atom is 0.305 e. The maximum absolute atomic E-state index is 12.1. The zero-order valence-corrected chi connectivity index (χ0v) is 12.9. The molecule has 2 N–H and O–H groups in total. The van der Waals surface area contributed by atoms with Gasteiger partial charge in [-0.3, -0.25) is 14.4 Å². The van der Waals surface area contributed by atoms with E-state index < -0.39 is 11.9 Å². The number of hydrogen-bond acceptors (Lipinski definition) is 3. The van der Waals surface area contributed by atoms with Crippen molar-refractivity contribution < 1.29 is 19.5 Å². The Hall–Kier alpha value is -2.08. The molecule has 22 heavy (non-hydrogen) atoms. The van der Waals surface area contributed by atoms with Crippen LogP contribution >= 0.6 is 11.6 Å². The zero-order chi connectivity index (χ0) is 16.3. The molecule has 0 saturated carbocycles. The third kappa shape index (κ3) is 3.76. The second-order valence-electron chi connectivity index (χ2n) is 5.27. The van der Waals surface area contributed by atoms with Crippen molar-refractivity contribution in [1.82, 2.24) is 5.32 Å². The van der Waals surface area contributed by atoms with Gasteiger partial charge in [0.15, 0.2) is 0 Å². The second kappa shape index (κ2) is 6.79. The van der Waals surface area contributed by atoms with Crippen molar-refractivity contribution in [1.29, 1.82) is 0 Å². The molecule has 0 aromatic heterocycles. The summed E-state index contributed by atoms with van der Waals surface area (Å²) in [7, 11) is 0. The van der Waals surface area contributed by atoms with E-state index in [1.54, 1.807) is 17.0 Å². The van der Waals surface area contributed by atoms with Crippen LogP contribution in [-0.4, -0.2) is 36.0 Å². The van der Waals surface area contributed by atoms with Crippen LogP contribution < -0.4 is 10.2 Å². The minimum absolute atomic E-state index is 0.0645. The number of anilines is 1.